The van der Waals surface area contributed by atoms with Crippen molar-refractivity contribution in [3.05, 3.63) is 58.2 Å². The predicted molar refractivity (Wildman–Crippen MR) is 114 cm³/mol. The third-order valence-electron chi connectivity index (χ3n) is 5.24. The van der Waals surface area contributed by atoms with Crippen LogP contribution in [0.1, 0.15) is 12.1 Å². The SMILES string of the molecule is COc1ccc(F)cc1-c1ccnc2[nH]c(C3=CCNC(S(C)(=O)=O)C3)c([N+](=O)[O-])c12. The number of methoxy groups -OCH3 is 1. The minimum atomic E-state index is -3.40. The minimum Gasteiger partial charge on any atom is -0.496 e. The molecule has 1 atom stereocenters. The van der Waals surface area contributed by atoms with Crippen LogP contribution in [-0.2, 0) is 9.84 Å². The topological polar surface area (TPSA) is 127 Å². The number of pyridine rings is 1. The van der Waals surface area contributed by atoms with Crippen LogP contribution in [0, 0.1) is 15.9 Å². The molecule has 11 heteroatoms. The van der Waals surface area contributed by atoms with Crippen LogP contribution in [-0.4, -0.2) is 48.6 Å². The van der Waals surface area contributed by atoms with Crippen molar-refractivity contribution >= 4 is 32.1 Å². The quantitative estimate of drug-likeness (QED) is 0.455. The summed E-state index contributed by atoms with van der Waals surface area (Å²) in [5.41, 5.74) is 1.40. The molecule has 162 valence electrons. The second kappa shape index (κ2) is 7.75. The Balaban J connectivity index is 1.97. The monoisotopic (exact) mass is 446 g/mol. The summed E-state index contributed by atoms with van der Waals surface area (Å²) in [5.74, 6) is -0.166. The van der Waals surface area contributed by atoms with Gasteiger partial charge in [-0.2, -0.15) is 0 Å². The van der Waals surface area contributed by atoms with Gasteiger partial charge >= 0.3 is 5.69 Å². The van der Waals surface area contributed by atoms with Crippen molar-refractivity contribution in [1.82, 2.24) is 15.3 Å². The zero-order valence-corrected chi connectivity index (χ0v) is 17.5. The fraction of sp³-hybridized carbons (Fsp3) is 0.250. The summed E-state index contributed by atoms with van der Waals surface area (Å²) in [6, 6.07) is 5.49. The number of sulfone groups is 1. The Morgan fingerprint density at radius 3 is 2.74 bits per heavy atom. The third-order valence-corrected chi connectivity index (χ3v) is 6.61. The van der Waals surface area contributed by atoms with Crippen LogP contribution in [0.3, 0.4) is 0 Å². The Bertz CT molecular complexity index is 1330. The number of hydrogen-bond donors (Lipinski definition) is 2. The molecule has 2 N–H and O–H groups in total. The standard InChI is InChI=1S/C20H19FN4O5S/c1-30-15-4-3-12(21)10-14(15)13-6-8-23-20-17(13)19(25(26)27)18(24-20)11-5-7-22-16(9-11)31(2,28)29/h3-6,8,10,16,22H,7,9H2,1-2H3,(H,23,24). The van der Waals surface area contributed by atoms with Crippen molar-refractivity contribution in [1.29, 1.82) is 0 Å². The number of nitrogens with one attached hydrogen (secondary N) is 2. The Hall–Kier alpha value is -3.31. The molecule has 4 rings (SSSR count). The minimum absolute atomic E-state index is 0.0606. The number of rotatable bonds is 5. The van der Waals surface area contributed by atoms with Crippen molar-refractivity contribution in [2.24, 2.45) is 0 Å². The lowest BCUT2D eigenvalue weighted by atomic mass is 9.99. The van der Waals surface area contributed by atoms with Crippen LogP contribution >= 0.6 is 0 Å². The van der Waals surface area contributed by atoms with Gasteiger partial charge in [-0.05, 0) is 29.8 Å². The number of H-pyrrole nitrogens is 1. The van der Waals surface area contributed by atoms with Crippen molar-refractivity contribution in [2.75, 3.05) is 19.9 Å². The lowest BCUT2D eigenvalue weighted by Crippen LogP contribution is -2.39. The average molecular weight is 446 g/mol. The molecular formula is C20H19FN4O5S. The highest BCUT2D eigenvalue weighted by Gasteiger charge is 2.32. The lowest BCUT2D eigenvalue weighted by molar-refractivity contribution is -0.383. The second-order valence-electron chi connectivity index (χ2n) is 7.19. The second-order valence-corrected chi connectivity index (χ2v) is 9.42. The number of nitro groups is 1. The third kappa shape index (κ3) is 3.77. The summed E-state index contributed by atoms with van der Waals surface area (Å²) < 4.78 is 43.3. The molecule has 0 spiro atoms. The molecule has 31 heavy (non-hydrogen) atoms. The molecule has 0 fully saturated rings. The molecule has 0 bridgehead atoms. The number of halogens is 1. The lowest BCUT2D eigenvalue weighted by Gasteiger charge is -2.22. The highest BCUT2D eigenvalue weighted by Crippen LogP contribution is 2.43. The van der Waals surface area contributed by atoms with Crippen molar-refractivity contribution < 1.29 is 22.5 Å². The highest BCUT2D eigenvalue weighted by atomic mass is 32.2. The largest absolute Gasteiger partial charge is 0.496 e. The Kier molecular flexibility index (Phi) is 5.23. The number of benzene rings is 1. The number of ether oxygens (including phenoxy) is 1. The molecular weight excluding hydrogens is 427 g/mol. The van der Waals surface area contributed by atoms with Crippen LogP contribution < -0.4 is 10.1 Å². The summed E-state index contributed by atoms with van der Waals surface area (Å²) in [6.07, 6.45) is 4.35. The van der Waals surface area contributed by atoms with E-state index in [9.17, 15) is 22.9 Å². The first-order valence-electron chi connectivity index (χ1n) is 9.31. The molecule has 0 radical (unpaired) electrons. The van der Waals surface area contributed by atoms with E-state index in [0.29, 0.717) is 22.4 Å². The first-order valence-corrected chi connectivity index (χ1v) is 11.3. The Labute approximate surface area is 177 Å². The highest BCUT2D eigenvalue weighted by molar-refractivity contribution is 7.91. The zero-order chi connectivity index (χ0) is 22.3. The first kappa shape index (κ1) is 20.9. The van der Waals surface area contributed by atoms with Crippen LogP contribution in [0.15, 0.2) is 36.5 Å². The van der Waals surface area contributed by atoms with Gasteiger partial charge < -0.3 is 9.72 Å². The first-order chi connectivity index (χ1) is 14.7. The van der Waals surface area contributed by atoms with E-state index < -0.39 is 26.0 Å². The van der Waals surface area contributed by atoms with Gasteiger partial charge in [-0.15, -0.1) is 0 Å². The maximum Gasteiger partial charge on any atom is 0.304 e. The summed E-state index contributed by atoms with van der Waals surface area (Å²) in [4.78, 5) is 18.8. The van der Waals surface area contributed by atoms with Crippen LogP contribution in [0.2, 0.25) is 0 Å². The van der Waals surface area contributed by atoms with E-state index in [-0.39, 0.29) is 35.4 Å². The Morgan fingerprint density at radius 1 is 1.29 bits per heavy atom. The van der Waals surface area contributed by atoms with E-state index in [1.807, 2.05) is 0 Å². The van der Waals surface area contributed by atoms with Gasteiger partial charge in [0.2, 0.25) is 0 Å². The Morgan fingerprint density at radius 2 is 2.06 bits per heavy atom. The average Bonchev–Trinajstić information content (AvgIpc) is 3.13. The molecule has 2 aromatic heterocycles. The van der Waals surface area contributed by atoms with Gasteiger partial charge in [-0.3, -0.25) is 15.4 Å². The summed E-state index contributed by atoms with van der Waals surface area (Å²) >= 11 is 0. The predicted octanol–water partition coefficient (Wildman–Crippen LogP) is 3.03. The maximum atomic E-state index is 14.0. The van der Waals surface area contributed by atoms with E-state index in [1.54, 1.807) is 12.1 Å². The molecule has 1 aromatic carbocycles. The smallest absolute Gasteiger partial charge is 0.304 e. The number of fused-ring (bicyclic) bond motifs is 1. The number of hydrogen-bond acceptors (Lipinski definition) is 7. The summed E-state index contributed by atoms with van der Waals surface area (Å²) in [6.45, 7) is 0.248. The molecule has 3 heterocycles. The van der Waals surface area contributed by atoms with Gasteiger partial charge in [0.25, 0.3) is 0 Å². The van der Waals surface area contributed by atoms with Gasteiger partial charge in [0.1, 0.15) is 33.7 Å². The van der Waals surface area contributed by atoms with Gasteiger partial charge in [-0.25, -0.2) is 17.8 Å². The molecule has 3 aromatic rings. The maximum absolute atomic E-state index is 14.0. The number of nitrogens with zero attached hydrogens (tertiary/aromatic N) is 2. The molecule has 0 saturated heterocycles. The molecule has 1 aliphatic heterocycles. The van der Waals surface area contributed by atoms with Gasteiger partial charge in [0.05, 0.1) is 12.0 Å². The van der Waals surface area contributed by atoms with E-state index >= 15 is 0 Å². The summed E-state index contributed by atoms with van der Waals surface area (Å²) in [7, 11) is -1.98. The van der Waals surface area contributed by atoms with Crippen LogP contribution in [0.4, 0.5) is 10.1 Å². The van der Waals surface area contributed by atoms with Crippen molar-refractivity contribution in [2.45, 2.75) is 11.8 Å². The molecule has 1 unspecified atom stereocenters. The fourth-order valence-corrected chi connectivity index (χ4v) is 4.69. The van der Waals surface area contributed by atoms with Gasteiger partial charge in [0.15, 0.2) is 9.84 Å². The number of aromatic amines is 1. The molecule has 1 aliphatic rings. The number of aromatic nitrogens is 2. The van der Waals surface area contributed by atoms with E-state index in [1.165, 1.54) is 31.5 Å². The molecule has 0 aliphatic carbocycles. The van der Waals surface area contributed by atoms with Gasteiger partial charge in [-0.1, -0.05) is 6.08 Å². The normalized spacial score (nSPS) is 16.9. The van der Waals surface area contributed by atoms with E-state index in [2.05, 4.69) is 15.3 Å². The van der Waals surface area contributed by atoms with Crippen molar-refractivity contribution in [3.8, 4) is 16.9 Å². The van der Waals surface area contributed by atoms with E-state index in [4.69, 9.17) is 4.74 Å². The van der Waals surface area contributed by atoms with Crippen LogP contribution in [0.25, 0.3) is 27.7 Å². The fourth-order valence-electron chi connectivity index (χ4n) is 3.80. The van der Waals surface area contributed by atoms with Crippen LogP contribution in [0.5, 0.6) is 5.75 Å². The van der Waals surface area contributed by atoms with Gasteiger partial charge in [0, 0.05) is 36.5 Å². The molecule has 0 saturated carbocycles. The molecule has 0 amide bonds. The summed E-state index contributed by atoms with van der Waals surface area (Å²) in [5, 5.41) is 14.3. The van der Waals surface area contributed by atoms with Crippen molar-refractivity contribution in [3.63, 3.8) is 0 Å². The van der Waals surface area contributed by atoms with E-state index in [0.717, 1.165) is 6.26 Å². The molecule has 9 nitrogen and oxygen atoms in total. The zero-order valence-electron chi connectivity index (χ0n) is 16.7.